The molecule has 0 aliphatic carbocycles. The van der Waals surface area contributed by atoms with E-state index in [1.165, 1.54) is 10.8 Å². The number of carbonyl (C=O) groups is 1. The molecule has 0 aliphatic rings. The van der Waals surface area contributed by atoms with Crippen LogP contribution in [-0.2, 0) is 16.1 Å². The van der Waals surface area contributed by atoms with E-state index in [1.807, 2.05) is 0 Å². The van der Waals surface area contributed by atoms with Crippen LogP contribution >= 0.6 is 28.1 Å². The van der Waals surface area contributed by atoms with Gasteiger partial charge in [0.25, 0.3) is 5.56 Å². The predicted molar refractivity (Wildman–Crippen MR) is 84.7 cm³/mol. The van der Waals surface area contributed by atoms with E-state index in [9.17, 15) is 9.59 Å². The summed E-state index contributed by atoms with van der Waals surface area (Å²) < 4.78 is 7.61. The lowest BCUT2D eigenvalue weighted by Gasteiger charge is -2.20. The van der Waals surface area contributed by atoms with Crippen LogP contribution < -0.4 is 5.56 Å². The molecule has 1 N–H and O–H groups in total. The van der Waals surface area contributed by atoms with Gasteiger partial charge >= 0.3 is 5.97 Å². The molecule has 0 atom stereocenters. The lowest BCUT2D eigenvalue weighted by atomic mass is 10.2. The number of nitrogens with one attached hydrogen (secondary N) is 1. The third kappa shape index (κ3) is 3.76. The minimum Gasteiger partial charge on any atom is -0.459 e. The fourth-order valence-electron chi connectivity index (χ4n) is 1.80. The SMILES string of the molecule is CC(C)(C)OC(=O)Cn1c(=S)[nH]c(=O)c2ncc(Br)cc21. The zero-order valence-corrected chi connectivity index (χ0v) is 14.2. The monoisotopic (exact) mass is 371 g/mol. The molecule has 6 nitrogen and oxygen atoms in total. The molecule has 112 valence electrons. The maximum Gasteiger partial charge on any atom is 0.326 e. The van der Waals surface area contributed by atoms with Crippen LogP contribution in [0.15, 0.2) is 21.5 Å². The van der Waals surface area contributed by atoms with Gasteiger partial charge in [0, 0.05) is 10.7 Å². The Bertz CT molecular complexity index is 820. The molecule has 2 aromatic heterocycles. The smallest absolute Gasteiger partial charge is 0.326 e. The van der Waals surface area contributed by atoms with Crippen LogP contribution in [0.4, 0.5) is 0 Å². The zero-order valence-electron chi connectivity index (χ0n) is 11.8. The first-order valence-corrected chi connectivity index (χ1v) is 7.38. The Morgan fingerprint density at radius 1 is 1.52 bits per heavy atom. The van der Waals surface area contributed by atoms with Gasteiger partial charge in [-0.3, -0.25) is 14.6 Å². The molecule has 0 amide bonds. The maximum absolute atomic E-state index is 12.0. The summed E-state index contributed by atoms with van der Waals surface area (Å²) in [5.74, 6) is -0.438. The number of hydrogen-bond donors (Lipinski definition) is 1. The summed E-state index contributed by atoms with van der Waals surface area (Å²) in [4.78, 5) is 30.4. The quantitative estimate of drug-likeness (QED) is 0.648. The molecule has 2 aromatic rings. The molecule has 0 saturated heterocycles. The largest absolute Gasteiger partial charge is 0.459 e. The maximum atomic E-state index is 12.0. The molecule has 2 rings (SSSR count). The topological polar surface area (TPSA) is 77.0 Å². The van der Waals surface area contributed by atoms with Crippen LogP contribution in [0.25, 0.3) is 11.0 Å². The van der Waals surface area contributed by atoms with Gasteiger partial charge in [0.05, 0.1) is 5.52 Å². The number of carbonyl (C=O) groups excluding carboxylic acids is 1. The van der Waals surface area contributed by atoms with Crippen molar-refractivity contribution in [2.75, 3.05) is 0 Å². The van der Waals surface area contributed by atoms with Crippen LogP contribution in [0.5, 0.6) is 0 Å². The van der Waals surface area contributed by atoms with Gasteiger partial charge in [0.1, 0.15) is 12.1 Å². The third-order valence-electron chi connectivity index (χ3n) is 2.51. The average molecular weight is 372 g/mol. The molecular weight excluding hydrogens is 358 g/mol. The third-order valence-corrected chi connectivity index (χ3v) is 3.27. The van der Waals surface area contributed by atoms with E-state index in [0.717, 1.165) is 0 Å². The summed E-state index contributed by atoms with van der Waals surface area (Å²) in [5, 5.41) is 0. The molecule has 0 radical (unpaired) electrons. The molecule has 0 aliphatic heterocycles. The Hall–Kier alpha value is -1.54. The Balaban J connectivity index is 2.53. The second-order valence-electron chi connectivity index (χ2n) is 5.45. The summed E-state index contributed by atoms with van der Waals surface area (Å²) in [6, 6.07) is 1.69. The fourth-order valence-corrected chi connectivity index (χ4v) is 2.38. The molecule has 0 unspecified atom stereocenters. The van der Waals surface area contributed by atoms with Crippen molar-refractivity contribution in [3.8, 4) is 0 Å². The van der Waals surface area contributed by atoms with Gasteiger partial charge in [-0.05, 0) is 55.0 Å². The van der Waals surface area contributed by atoms with Crippen LogP contribution in [-0.4, -0.2) is 26.1 Å². The van der Waals surface area contributed by atoms with Crippen LogP contribution in [0.2, 0.25) is 0 Å². The van der Waals surface area contributed by atoms with E-state index in [1.54, 1.807) is 26.8 Å². The highest BCUT2D eigenvalue weighted by molar-refractivity contribution is 9.10. The van der Waals surface area contributed by atoms with Gasteiger partial charge < -0.3 is 9.30 Å². The highest BCUT2D eigenvalue weighted by atomic mass is 79.9. The number of halogens is 1. The number of hydrogen-bond acceptors (Lipinski definition) is 5. The van der Waals surface area contributed by atoms with Crippen molar-refractivity contribution >= 4 is 45.2 Å². The number of aromatic nitrogens is 3. The first kappa shape index (κ1) is 15.8. The van der Waals surface area contributed by atoms with Gasteiger partial charge in [0.2, 0.25) is 0 Å². The lowest BCUT2D eigenvalue weighted by molar-refractivity contribution is -0.155. The van der Waals surface area contributed by atoms with Gasteiger partial charge in [-0.15, -0.1) is 0 Å². The summed E-state index contributed by atoms with van der Waals surface area (Å²) >= 11 is 8.42. The number of nitrogens with zero attached hydrogens (tertiary/aromatic N) is 2. The summed E-state index contributed by atoms with van der Waals surface area (Å²) in [7, 11) is 0. The number of ether oxygens (including phenoxy) is 1. The normalized spacial score (nSPS) is 11.6. The summed E-state index contributed by atoms with van der Waals surface area (Å²) in [5.41, 5.74) is -0.280. The van der Waals surface area contributed by atoms with E-state index in [0.29, 0.717) is 9.99 Å². The first-order valence-electron chi connectivity index (χ1n) is 6.17. The number of pyridine rings is 1. The molecule has 0 bridgehead atoms. The number of fused-ring (bicyclic) bond motifs is 1. The van der Waals surface area contributed by atoms with Crippen molar-refractivity contribution in [1.82, 2.24) is 14.5 Å². The second-order valence-corrected chi connectivity index (χ2v) is 6.76. The molecule has 0 spiro atoms. The first-order chi connectivity index (χ1) is 9.67. The van der Waals surface area contributed by atoms with Crippen molar-refractivity contribution < 1.29 is 9.53 Å². The van der Waals surface area contributed by atoms with E-state index in [-0.39, 0.29) is 22.4 Å². The van der Waals surface area contributed by atoms with Crippen LogP contribution in [0, 0.1) is 4.77 Å². The Labute approximate surface area is 134 Å². The number of rotatable bonds is 2. The van der Waals surface area contributed by atoms with Crippen molar-refractivity contribution in [1.29, 1.82) is 0 Å². The van der Waals surface area contributed by atoms with E-state index >= 15 is 0 Å². The predicted octanol–water partition coefficient (Wildman–Crippen LogP) is 2.56. The summed E-state index contributed by atoms with van der Waals surface area (Å²) in [6.07, 6.45) is 1.51. The number of aromatic amines is 1. The van der Waals surface area contributed by atoms with Gasteiger partial charge in [-0.2, -0.15) is 0 Å². The van der Waals surface area contributed by atoms with Gasteiger partial charge in [-0.1, -0.05) is 0 Å². The number of H-pyrrole nitrogens is 1. The van der Waals surface area contributed by atoms with Crippen LogP contribution in [0.3, 0.4) is 0 Å². The van der Waals surface area contributed by atoms with Crippen molar-refractivity contribution in [3.05, 3.63) is 31.9 Å². The van der Waals surface area contributed by atoms with Crippen molar-refractivity contribution in [2.45, 2.75) is 32.9 Å². The van der Waals surface area contributed by atoms with E-state index < -0.39 is 11.6 Å². The van der Waals surface area contributed by atoms with E-state index in [2.05, 4.69) is 25.9 Å². The van der Waals surface area contributed by atoms with Crippen LogP contribution in [0.1, 0.15) is 20.8 Å². The Morgan fingerprint density at radius 2 is 2.19 bits per heavy atom. The Kier molecular flexibility index (Phi) is 4.29. The standard InChI is InChI=1S/C13H14BrN3O3S/c1-13(2,3)20-9(18)6-17-8-4-7(14)5-15-10(8)11(19)16-12(17)21/h4-5H,6H2,1-3H3,(H,16,19,21). The fraction of sp³-hybridized carbons (Fsp3) is 0.385. The molecule has 21 heavy (non-hydrogen) atoms. The lowest BCUT2D eigenvalue weighted by Crippen LogP contribution is -2.28. The minimum absolute atomic E-state index is 0.0957. The molecule has 2 heterocycles. The van der Waals surface area contributed by atoms with Crippen molar-refractivity contribution in [3.63, 3.8) is 0 Å². The number of esters is 1. The van der Waals surface area contributed by atoms with Crippen molar-refractivity contribution in [2.24, 2.45) is 0 Å². The molecule has 0 aromatic carbocycles. The average Bonchev–Trinajstić information content (AvgIpc) is 2.31. The highest BCUT2D eigenvalue weighted by Gasteiger charge is 2.18. The molecule has 0 fully saturated rings. The minimum atomic E-state index is -0.587. The van der Waals surface area contributed by atoms with Gasteiger partial charge in [0.15, 0.2) is 10.3 Å². The molecule has 0 saturated carbocycles. The second kappa shape index (κ2) is 5.69. The molecule has 8 heteroatoms. The summed E-state index contributed by atoms with van der Waals surface area (Å²) in [6.45, 7) is 5.26. The zero-order chi connectivity index (χ0) is 15.8. The Morgan fingerprint density at radius 3 is 2.81 bits per heavy atom. The highest BCUT2D eigenvalue weighted by Crippen LogP contribution is 2.16. The van der Waals surface area contributed by atoms with Gasteiger partial charge in [-0.25, -0.2) is 4.98 Å². The van der Waals surface area contributed by atoms with E-state index in [4.69, 9.17) is 17.0 Å². The molecular formula is C13H14BrN3O3S.